The molecule has 0 amide bonds. The van der Waals surface area contributed by atoms with Gasteiger partial charge in [0.25, 0.3) is 0 Å². The zero-order valence-corrected chi connectivity index (χ0v) is 15.0. The van der Waals surface area contributed by atoms with Crippen LogP contribution >= 0.6 is 0 Å². The molecule has 1 aliphatic rings. The molecule has 3 heteroatoms. The molecule has 0 atom stereocenters. The largest absolute Gasteiger partial charge is 1.00 e. The van der Waals surface area contributed by atoms with Crippen molar-refractivity contribution in [2.24, 2.45) is 10.8 Å². The van der Waals surface area contributed by atoms with Gasteiger partial charge in [-0.1, -0.05) is 59.8 Å². The van der Waals surface area contributed by atoms with Crippen LogP contribution in [0.5, 0.6) is 0 Å². The molecule has 1 rings (SSSR count). The van der Waals surface area contributed by atoms with E-state index in [9.17, 15) is 0 Å². The number of allylic oxidation sites excluding steroid dienone is 4. The second-order valence-electron chi connectivity index (χ2n) is 5.89. The molecule has 0 N–H and O–H groups in total. The molecule has 16 heavy (non-hydrogen) atoms. The Morgan fingerprint density at radius 2 is 1.19 bits per heavy atom. The quantitative estimate of drug-likeness (QED) is 0.424. The van der Waals surface area contributed by atoms with Crippen LogP contribution in [0.25, 0.3) is 0 Å². The van der Waals surface area contributed by atoms with E-state index < -0.39 is 0 Å². The fraction of sp³-hybridized carbons (Fsp3) is 0.615. The predicted octanol–water partition coefficient (Wildman–Crippen LogP) is -2.22. The Labute approximate surface area is 131 Å². The molecule has 0 nitrogen and oxygen atoms in total. The van der Waals surface area contributed by atoms with Crippen LogP contribution in [0.2, 0.25) is 0 Å². The van der Waals surface area contributed by atoms with Gasteiger partial charge in [-0.2, -0.15) is 0 Å². The van der Waals surface area contributed by atoms with Crippen LogP contribution in [-0.4, -0.2) is 24.4 Å². The Balaban J connectivity index is -0.000000563. The molecule has 0 aromatic carbocycles. The number of hydrogen-bond donors (Lipinski definition) is 0. The Hall–Kier alpha value is 0.878. The van der Waals surface area contributed by atoms with E-state index in [4.69, 9.17) is 0 Å². The van der Waals surface area contributed by atoms with Gasteiger partial charge in [0.15, 0.2) is 0 Å². The van der Waals surface area contributed by atoms with Crippen LogP contribution in [0.15, 0.2) is 23.8 Å². The monoisotopic (exact) mass is 368 g/mol. The minimum absolute atomic E-state index is 0. The van der Waals surface area contributed by atoms with Crippen LogP contribution in [0.4, 0.5) is 0 Å². The summed E-state index contributed by atoms with van der Waals surface area (Å²) in [6.07, 6.45) is 6.83. The summed E-state index contributed by atoms with van der Waals surface area (Å²) in [5.41, 5.74) is 2.00. The van der Waals surface area contributed by atoms with E-state index in [1.54, 1.807) is 0 Å². The van der Waals surface area contributed by atoms with Crippen LogP contribution < -0.4 is 24.8 Å². The van der Waals surface area contributed by atoms with Gasteiger partial charge in [-0.15, -0.1) is 0 Å². The minimum Gasteiger partial charge on any atom is -1.00 e. The Bertz CT molecular complexity index is 254. The van der Waals surface area contributed by atoms with Crippen molar-refractivity contribution in [3.63, 3.8) is 0 Å². The van der Waals surface area contributed by atoms with E-state index in [-0.39, 0.29) is 60.1 Å². The molecule has 0 saturated heterocycles. The normalized spacial score (nSPS) is 15.8. The molecule has 0 aliphatic heterocycles. The summed E-state index contributed by atoms with van der Waals surface area (Å²) in [6, 6.07) is 0. The molecule has 0 heterocycles. The van der Waals surface area contributed by atoms with Crippen LogP contribution in [0.1, 0.15) is 41.5 Å². The predicted molar refractivity (Wildman–Crippen MR) is 65.1 cm³/mol. The van der Waals surface area contributed by atoms with Crippen molar-refractivity contribution in [1.82, 2.24) is 0 Å². The average Bonchev–Trinajstić information content (AvgIpc) is 2.28. The summed E-state index contributed by atoms with van der Waals surface area (Å²) in [4.78, 5) is 0. The number of halogens is 2. The molecule has 94 valence electrons. The van der Waals surface area contributed by atoms with E-state index in [1.807, 2.05) is 0 Å². The summed E-state index contributed by atoms with van der Waals surface area (Å²) in [6.45, 7) is 13.6. The van der Waals surface area contributed by atoms with Crippen molar-refractivity contribution in [3.8, 4) is 0 Å². The summed E-state index contributed by atoms with van der Waals surface area (Å²) in [5.74, 6) is 1.44. The average molecular weight is 370 g/mol. The Kier molecular flexibility index (Phi) is 10.1. The van der Waals surface area contributed by atoms with Crippen molar-refractivity contribution >= 4 is 24.4 Å². The van der Waals surface area contributed by atoms with Gasteiger partial charge < -0.3 is 24.8 Å². The molecule has 0 aromatic heterocycles. The van der Waals surface area contributed by atoms with Gasteiger partial charge in [0.2, 0.25) is 0 Å². The summed E-state index contributed by atoms with van der Waals surface area (Å²) < 4.78 is 0. The molecule has 0 aromatic rings. The van der Waals surface area contributed by atoms with Gasteiger partial charge in [-0.25, -0.2) is 0 Å². The van der Waals surface area contributed by atoms with Crippen molar-refractivity contribution < 1.29 is 24.8 Å². The minimum atomic E-state index is 0. The third-order valence-corrected chi connectivity index (χ3v) is 2.49. The zero-order valence-electron chi connectivity index (χ0n) is 10.9. The van der Waals surface area contributed by atoms with Crippen molar-refractivity contribution in [1.29, 1.82) is 0 Å². The van der Waals surface area contributed by atoms with Gasteiger partial charge in [-0.05, 0) is 16.4 Å². The zero-order chi connectivity index (χ0) is 10.3. The maximum atomic E-state index is 2.33. The molecule has 0 fully saturated rings. The third kappa shape index (κ3) is 5.99. The molecule has 1 aliphatic carbocycles. The first kappa shape index (κ1) is 22.1. The molecular weight excluding hydrogens is 349 g/mol. The first-order valence-electron chi connectivity index (χ1n) is 4.99. The number of rotatable bonds is 0. The molecule has 0 saturated carbocycles. The maximum absolute atomic E-state index is 2.33. The number of hydrogen-bond acceptors (Lipinski definition) is 0. The van der Waals surface area contributed by atoms with Gasteiger partial charge >= 0.3 is 0 Å². The first-order valence-corrected chi connectivity index (χ1v) is 4.99. The van der Waals surface area contributed by atoms with Gasteiger partial charge in [-0.3, -0.25) is 0 Å². The fourth-order valence-corrected chi connectivity index (χ4v) is 1.38. The molecule has 0 spiro atoms. The smallest absolute Gasteiger partial charge is 0.0250 e. The van der Waals surface area contributed by atoms with E-state index in [2.05, 4.69) is 59.8 Å². The Morgan fingerprint density at radius 3 is 1.38 bits per heavy atom. The summed E-state index contributed by atoms with van der Waals surface area (Å²) >= 11 is 0. The topological polar surface area (TPSA) is 0 Å². The SMILES string of the molecule is CC(C)(C)[C]1C=CC(C(C)(C)C)=C1.[Cl-].[Cl-].[Sb]. The molecular formula is C13H21Cl2Sb-2. The van der Waals surface area contributed by atoms with Crippen LogP contribution in [0, 0.1) is 16.7 Å². The Morgan fingerprint density at radius 1 is 0.750 bits per heavy atom. The molecule has 0 unspecified atom stereocenters. The second kappa shape index (κ2) is 7.34. The summed E-state index contributed by atoms with van der Waals surface area (Å²) in [7, 11) is 0. The van der Waals surface area contributed by atoms with Crippen molar-refractivity contribution in [3.05, 3.63) is 29.7 Å². The van der Waals surface area contributed by atoms with Crippen LogP contribution in [-0.2, 0) is 0 Å². The first-order chi connectivity index (χ1) is 5.71. The second-order valence-corrected chi connectivity index (χ2v) is 5.89. The molecule has 4 radical (unpaired) electrons. The van der Waals surface area contributed by atoms with Gasteiger partial charge in [0, 0.05) is 30.3 Å². The van der Waals surface area contributed by atoms with E-state index in [0.29, 0.717) is 0 Å². The van der Waals surface area contributed by atoms with E-state index >= 15 is 0 Å². The van der Waals surface area contributed by atoms with Gasteiger partial charge in [0.05, 0.1) is 0 Å². The molecule has 0 bridgehead atoms. The third-order valence-electron chi connectivity index (χ3n) is 2.49. The maximum Gasteiger partial charge on any atom is 0.0250 e. The standard InChI is InChI=1S/C13H21.2ClH.Sb/c1-12(2,3)10-7-8-11(9-10)13(4,5)6;;;/h7-9H,1-6H3;2*1H;/p-2. The van der Waals surface area contributed by atoms with Crippen molar-refractivity contribution in [2.45, 2.75) is 41.5 Å². The van der Waals surface area contributed by atoms with Crippen molar-refractivity contribution in [2.75, 3.05) is 0 Å². The fourth-order valence-electron chi connectivity index (χ4n) is 1.38. The van der Waals surface area contributed by atoms with E-state index in [1.165, 1.54) is 11.5 Å². The van der Waals surface area contributed by atoms with Gasteiger partial charge in [0.1, 0.15) is 0 Å². The van der Waals surface area contributed by atoms with Crippen LogP contribution in [0.3, 0.4) is 0 Å². The summed E-state index contributed by atoms with van der Waals surface area (Å²) in [5, 5.41) is 0. The van der Waals surface area contributed by atoms with E-state index in [0.717, 1.165) is 0 Å².